The second-order valence-corrected chi connectivity index (χ2v) is 5.94. The maximum absolute atomic E-state index is 13.8. The third kappa shape index (κ3) is 3.75. The van der Waals surface area contributed by atoms with Gasteiger partial charge in [-0.15, -0.1) is 11.3 Å². The van der Waals surface area contributed by atoms with Crippen molar-refractivity contribution >= 4 is 28.6 Å². The van der Waals surface area contributed by atoms with E-state index in [1.807, 2.05) is 12.1 Å². The molecule has 0 fully saturated rings. The summed E-state index contributed by atoms with van der Waals surface area (Å²) in [6.07, 6.45) is 0.786. The monoisotopic (exact) mass is 314 g/mol. The van der Waals surface area contributed by atoms with Gasteiger partial charge in [0.1, 0.15) is 0 Å². The van der Waals surface area contributed by atoms with Crippen molar-refractivity contribution in [3.63, 3.8) is 0 Å². The minimum absolute atomic E-state index is 0.257. The number of benzene rings is 1. The molecular weight excluding hydrogens is 303 g/mol. The van der Waals surface area contributed by atoms with Crippen LogP contribution in [-0.2, 0) is 13.0 Å². The van der Waals surface area contributed by atoms with E-state index < -0.39 is 16.4 Å². The Kier molecular flexibility index (Phi) is 5.05. The van der Waals surface area contributed by atoms with Gasteiger partial charge in [-0.3, -0.25) is 10.1 Å². The van der Waals surface area contributed by atoms with Crippen LogP contribution < -0.4 is 5.32 Å². The maximum atomic E-state index is 13.8. The molecule has 2 aromatic rings. The number of thiophene rings is 1. The zero-order chi connectivity index (χ0) is 14.5. The van der Waals surface area contributed by atoms with Crippen LogP contribution in [0.5, 0.6) is 0 Å². The number of hydrogen-bond donors (Lipinski definition) is 1. The van der Waals surface area contributed by atoms with Gasteiger partial charge in [-0.2, -0.15) is 4.39 Å². The molecule has 0 aliphatic carbocycles. The molecule has 0 bridgehead atoms. The highest BCUT2D eigenvalue weighted by Gasteiger charge is 2.16. The Morgan fingerprint density at radius 3 is 2.80 bits per heavy atom. The molecule has 20 heavy (non-hydrogen) atoms. The molecule has 0 radical (unpaired) electrons. The Morgan fingerprint density at radius 2 is 2.15 bits per heavy atom. The molecule has 1 aromatic carbocycles. The van der Waals surface area contributed by atoms with E-state index in [0.717, 1.165) is 21.7 Å². The van der Waals surface area contributed by atoms with Crippen LogP contribution in [0.15, 0.2) is 30.3 Å². The van der Waals surface area contributed by atoms with Crippen molar-refractivity contribution in [2.75, 3.05) is 6.54 Å². The summed E-state index contributed by atoms with van der Waals surface area (Å²) in [5.41, 5.74) is -0.197. The molecule has 4 nitrogen and oxygen atoms in total. The molecule has 0 saturated carbocycles. The third-order valence-corrected chi connectivity index (χ3v) is 4.04. The summed E-state index contributed by atoms with van der Waals surface area (Å²) < 4.78 is 14.5. The SMILES string of the molecule is O=[N+]([O-])c1cccc(CNCCc2ccc(Cl)s2)c1F. The van der Waals surface area contributed by atoms with Gasteiger partial charge in [0.2, 0.25) is 5.82 Å². The normalized spacial score (nSPS) is 10.7. The van der Waals surface area contributed by atoms with Gasteiger partial charge in [-0.1, -0.05) is 23.7 Å². The molecule has 0 unspecified atom stereocenters. The van der Waals surface area contributed by atoms with Crippen molar-refractivity contribution in [1.82, 2.24) is 5.32 Å². The van der Waals surface area contributed by atoms with E-state index in [1.54, 1.807) is 0 Å². The maximum Gasteiger partial charge on any atom is 0.305 e. The molecule has 2 rings (SSSR count). The smallest absolute Gasteiger partial charge is 0.305 e. The predicted molar refractivity (Wildman–Crippen MR) is 77.8 cm³/mol. The van der Waals surface area contributed by atoms with Crippen LogP contribution in [0.25, 0.3) is 0 Å². The zero-order valence-corrected chi connectivity index (χ0v) is 12.0. The highest BCUT2D eigenvalue weighted by Crippen LogP contribution is 2.22. The van der Waals surface area contributed by atoms with Gasteiger partial charge in [0.25, 0.3) is 0 Å². The molecular formula is C13H12ClFN2O2S. The minimum atomic E-state index is -0.774. The lowest BCUT2D eigenvalue weighted by Crippen LogP contribution is -2.17. The Morgan fingerprint density at radius 1 is 1.35 bits per heavy atom. The first-order valence-electron chi connectivity index (χ1n) is 5.94. The second kappa shape index (κ2) is 6.78. The van der Waals surface area contributed by atoms with E-state index in [2.05, 4.69) is 5.32 Å². The fraction of sp³-hybridized carbons (Fsp3) is 0.231. The molecule has 0 atom stereocenters. The van der Waals surface area contributed by atoms with Crippen LogP contribution in [0.2, 0.25) is 4.34 Å². The van der Waals surface area contributed by atoms with E-state index in [0.29, 0.717) is 12.1 Å². The van der Waals surface area contributed by atoms with Gasteiger partial charge in [-0.05, 0) is 18.6 Å². The van der Waals surface area contributed by atoms with E-state index in [9.17, 15) is 14.5 Å². The molecule has 1 heterocycles. The summed E-state index contributed by atoms with van der Waals surface area (Å²) in [6, 6.07) is 7.96. The number of rotatable bonds is 6. The van der Waals surface area contributed by atoms with Crippen LogP contribution >= 0.6 is 22.9 Å². The number of nitro benzene ring substituents is 1. The molecule has 106 valence electrons. The van der Waals surface area contributed by atoms with Crippen molar-refractivity contribution in [2.24, 2.45) is 0 Å². The van der Waals surface area contributed by atoms with E-state index in [4.69, 9.17) is 11.6 Å². The first kappa shape index (κ1) is 14.9. The van der Waals surface area contributed by atoms with Crippen LogP contribution in [-0.4, -0.2) is 11.5 Å². The Bertz CT molecular complexity index is 618. The summed E-state index contributed by atoms with van der Waals surface area (Å²) in [4.78, 5) is 11.1. The first-order chi connectivity index (χ1) is 9.58. The number of nitrogens with one attached hydrogen (secondary N) is 1. The summed E-state index contributed by atoms with van der Waals surface area (Å²) in [5.74, 6) is -0.774. The Labute approximate surface area is 124 Å². The van der Waals surface area contributed by atoms with Crippen molar-refractivity contribution < 1.29 is 9.31 Å². The number of nitrogens with zero attached hydrogens (tertiary/aromatic N) is 1. The largest absolute Gasteiger partial charge is 0.312 e. The highest BCUT2D eigenvalue weighted by molar-refractivity contribution is 7.16. The van der Waals surface area contributed by atoms with Crippen LogP contribution in [0.4, 0.5) is 10.1 Å². The fourth-order valence-electron chi connectivity index (χ4n) is 1.76. The number of hydrogen-bond acceptors (Lipinski definition) is 4. The van der Waals surface area contributed by atoms with Crippen molar-refractivity contribution in [3.05, 3.63) is 61.0 Å². The molecule has 0 spiro atoms. The van der Waals surface area contributed by atoms with Gasteiger partial charge in [-0.25, -0.2) is 0 Å². The Balaban J connectivity index is 1.88. The van der Waals surface area contributed by atoms with Gasteiger partial charge in [0.15, 0.2) is 0 Å². The van der Waals surface area contributed by atoms with Crippen molar-refractivity contribution in [1.29, 1.82) is 0 Å². The second-order valence-electron chi connectivity index (χ2n) is 4.14. The minimum Gasteiger partial charge on any atom is -0.312 e. The lowest BCUT2D eigenvalue weighted by molar-refractivity contribution is -0.387. The van der Waals surface area contributed by atoms with Crippen LogP contribution in [0.1, 0.15) is 10.4 Å². The standard InChI is InChI=1S/C13H12ClFN2O2S/c14-12-5-4-10(20-12)6-7-16-8-9-2-1-3-11(13(9)15)17(18)19/h1-5,16H,6-8H2. The zero-order valence-electron chi connectivity index (χ0n) is 10.4. The molecule has 0 aliphatic rings. The lowest BCUT2D eigenvalue weighted by atomic mass is 10.2. The van der Waals surface area contributed by atoms with Gasteiger partial charge >= 0.3 is 5.69 Å². The first-order valence-corrected chi connectivity index (χ1v) is 7.14. The van der Waals surface area contributed by atoms with Crippen LogP contribution in [0, 0.1) is 15.9 Å². The molecule has 0 saturated heterocycles. The Hall–Kier alpha value is -1.50. The summed E-state index contributed by atoms with van der Waals surface area (Å²) in [7, 11) is 0. The average molecular weight is 315 g/mol. The summed E-state index contributed by atoms with van der Waals surface area (Å²) in [5, 5.41) is 13.7. The molecule has 7 heteroatoms. The van der Waals surface area contributed by atoms with Gasteiger partial charge in [0, 0.05) is 29.6 Å². The molecule has 1 aromatic heterocycles. The van der Waals surface area contributed by atoms with Crippen molar-refractivity contribution in [2.45, 2.75) is 13.0 Å². The quantitative estimate of drug-likeness (QED) is 0.501. The lowest BCUT2D eigenvalue weighted by Gasteiger charge is -2.05. The number of halogens is 2. The molecule has 0 aliphatic heterocycles. The average Bonchev–Trinajstić information content (AvgIpc) is 2.82. The van der Waals surface area contributed by atoms with E-state index >= 15 is 0 Å². The van der Waals surface area contributed by atoms with Gasteiger partial charge in [0.05, 0.1) is 9.26 Å². The third-order valence-electron chi connectivity index (χ3n) is 2.75. The summed E-state index contributed by atoms with van der Waals surface area (Å²) in [6.45, 7) is 0.908. The van der Waals surface area contributed by atoms with E-state index in [1.165, 1.54) is 23.5 Å². The van der Waals surface area contributed by atoms with Gasteiger partial charge < -0.3 is 5.32 Å². The predicted octanol–water partition coefficient (Wildman–Crippen LogP) is 3.78. The molecule has 0 amide bonds. The number of nitro groups is 1. The van der Waals surface area contributed by atoms with E-state index in [-0.39, 0.29) is 6.54 Å². The van der Waals surface area contributed by atoms with Crippen LogP contribution in [0.3, 0.4) is 0 Å². The summed E-state index contributed by atoms with van der Waals surface area (Å²) >= 11 is 7.33. The highest BCUT2D eigenvalue weighted by atomic mass is 35.5. The molecule has 1 N–H and O–H groups in total. The fourth-order valence-corrected chi connectivity index (χ4v) is 2.85. The van der Waals surface area contributed by atoms with Crippen molar-refractivity contribution in [3.8, 4) is 0 Å². The topological polar surface area (TPSA) is 55.2 Å².